The van der Waals surface area contributed by atoms with E-state index in [0.29, 0.717) is 18.0 Å². The van der Waals surface area contributed by atoms with Gasteiger partial charge >= 0.3 is 5.97 Å². The highest BCUT2D eigenvalue weighted by Gasteiger charge is 2.38. The minimum atomic E-state index is -0.734. The smallest absolute Gasteiger partial charge is 0.309 e. The van der Waals surface area contributed by atoms with Crippen LogP contribution in [0.3, 0.4) is 0 Å². The number of aryl methyl sites for hydroxylation is 1. The molecule has 0 amide bonds. The molecule has 0 spiro atoms. The summed E-state index contributed by atoms with van der Waals surface area (Å²) in [5, 5.41) is 10.7. The van der Waals surface area contributed by atoms with Crippen molar-refractivity contribution in [3.05, 3.63) is 21.9 Å². The molecule has 1 N–H and O–H groups in total. The Bertz CT molecular complexity index is 655. The van der Waals surface area contributed by atoms with Gasteiger partial charge in [0, 0.05) is 4.88 Å². The first-order valence-corrected chi connectivity index (χ1v) is 6.85. The second kappa shape index (κ2) is 3.90. The van der Waals surface area contributed by atoms with Crippen molar-refractivity contribution in [2.45, 2.75) is 26.2 Å². The lowest BCUT2D eigenvalue weighted by molar-refractivity contribution is -0.148. The molecule has 3 rings (SSSR count). The highest BCUT2D eigenvalue weighted by Crippen LogP contribution is 2.43. The quantitative estimate of drug-likeness (QED) is 0.817. The zero-order valence-corrected chi connectivity index (χ0v) is 11.3. The summed E-state index contributed by atoms with van der Waals surface area (Å²) in [7, 11) is 0. The van der Waals surface area contributed by atoms with E-state index in [2.05, 4.69) is 9.97 Å². The van der Waals surface area contributed by atoms with Gasteiger partial charge < -0.3 is 5.11 Å². The van der Waals surface area contributed by atoms with E-state index in [0.717, 1.165) is 27.1 Å². The maximum Gasteiger partial charge on any atom is 0.309 e. The number of rotatable bonds is 1. The van der Waals surface area contributed by atoms with Gasteiger partial charge in [0.05, 0.1) is 10.8 Å². The third-order valence-electron chi connectivity index (χ3n) is 3.62. The van der Waals surface area contributed by atoms with E-state index in [-0.39, 0.29) is 0 Å². The number of carboxylic acid groups (broad SMARTS) is 1. The van der Waals surface area contributed by atoms with Crippen LogP contribution in [0.2, 0.25) is 5.15 Å². The Balaban J connectivity index is 2.17. The van der Waals surface area contributed by atoms with Crippen molar-refractivity contribution >= 4 is 39.1 Å². The number of hydrogen-bond donors (Lipinski definition) is 1. The van der Waals surface area contributed by atoms with Crippen LogP contribution in [0.25, 0.3) is 10.2 Å². The summed E-state index contributed by atoms with van der Waals surface area (Å²) in [4.78, 5) is 21.5. The number of thiophene rings is 1. The normalized spacial score (nSPS) is 23.0. The molecule has 94 valence electrons. The zero-order chi connectivity index (χ0) is 12.9. The highest BCUT2D eigenvalue weighted by molar-refractivity contribution is 7.19. The van der Waals surface area contributed by atoms with Crippen LogP contribution in [0.5, 0.6) is 0 Å². The molecule has 2 aromatic heterocycles. The number of aromatic nitrogens is 2. The first kappa shape index (κ1) is 11.9. The summed E-state index contributed by atoms with van der Waals surface area (Å²) in [6.07, 6.45) is 3.36. The molecule has 0 saturated heterocycles. The van der Waals surface area contributed by atoms with Crippen molar-refractivity contribution in [1.82, 2.24) is 9.97 Å². The Labute approximate surface area is 113 Å². The van der Waals surface area contributed by atoms with Crippen LogP contribution < -0.4 is 0 Å². The van der Waals surface area contributed by atoms with Crippen molar-refractivity contribution < 1.29 is 9.90 Å². The highest BCUT2D eigenvalue weighted by atomic mass is 35.5. The molecule has 0 saturated carbocycles. The number of aliphatic carboxylic acids is 1. The first-order chi connectivity index (χ1) is 8.51. The van der Waals surface area contributed by atoms with E-state index in [1.165, 1.54) is 17.7 Å². The topological polar surface area (TPSA) is 63.1 Å². The maximum atomic E-state index is 11.3. The molecule has 6 heteroatoms. The summed E-state index contributed by atoms with van der Waals surface area (Å²) >= 11 is 7.64. The molecule has 0 aliphatic heterocycles. The molecule has 0 fully saturated rings. The minimum absolute atomic E-state index is 0.469. The van der Waals surface area contributed by atoms with E-state index in [9.17, 15) is 9.90 Å². The van der Waals surface area contributed by atoms with Crippen LogP contribution >= 0.6 is 22.9 Å². The molecular formula is C12H11ClN2O2S. The monoisotopic (exact) mass is 282 g/mol. The van der Waals surface area contributed by atoms with E-state index in [4.69, 9.17) is 11.6 Å². The second-order valence-electron chi connectivity index (χ2n) is 4.89. The fourth-order valence-corrected chi connectivity index (χ4v) is 4.11. The average molecular weight is 283 g/mol. The van der Waals surface area contributed by atoms with Crippen molar-refractivity contribution in [3.63, 3.8) is 0 Å². The van der Waals surface area contributed by atoms with Crippen LogP contribution in [0.4, 0.5) is 0 Å². The lowest BCUT2D eigenvalue weighted by Gasteiger charge is -2.29. The lowest BCUT2D eigenvalue weighted by atomic mass is 9.75. The molecule has 4 nitrogen and oxygen atoms in total. The van der Waals surface area contributed by atoms with Crippen LogP contribution in [0.15, 0.2) is 6.33 Å². The molecule has 0 radical (unpaired) electrons. The predicted octanol–water partition coefficient (Wildman–Crippen LogP) is 2.92. The number of nitrogens with zero attached hydrogens (tertiary/aromatic N) is 2. The average Bonchev–Trinajstić information content (AvgIpc) is 2.67. The molecule has 18 heavy (non-hydrogen) atoms. The number of carboxylic acids is 1. The molecule has 0 unspecified atom stereocenters. The summed E-state index contributed by atoms with van der Waals surface area (Å²) in [5.41, 5.74) is 0.465. The second-order valence-corrected chi connectivity index (χ2v) is 6.33. The Morgan fingerprint density at radius 2 is 2.33 bits per heavy atom. The van der Waals surface area contributed by atoms with Gasteiger partial charge in [0.1, 0.15) is 16.3 Å². The number of carbonyl (C=O) groups is 1. The standard InChI is InChI=1S/C12H11ClN2O2S/c1-12(11(16)17)3-2-6-7(4-12)18-10-8(6)9(13)14-5-15-10/h5H,2-4H2,1H3,(H,16,17)/t12-/m1/s1. The van der Waals surface area contributed by atoms with Crippen LogP contribution in [0.1, 0.15) is 23.8 Å². The van der Waals surface area contributed by atoms with E-state index in [1.54, 1.807) is 6.92 Å². The SMILES string of the molecule is C[C@@]1(C(=O)O)CCc2c(sc3ncnc(Cl)c23)C1. The summed E-state index contributed by atoms with van der Waals surface area (Å²) in [6.45, 7) is 1.80. The van der Waals surface area contributed by atoms with Gasteiger partial charge in [-0.15, -0.1) is 11.3 Å². The Kier molecular flexibility index (Phi) is 2.57. The Hall–Kier alpha value is -1.20. The van der Waals surface area contributed by atoms with Crippen LogP contribution in [0, 0.1) is 5.41 Å². The van der Waals surface area contributed by atoms with Gasteiger partial charge in [0.15, 0.2) is 0 Å². The molecule has 1 aliphatic carbocycles. The summed E-state index contributed by atoms with van der Waals surface area (Å²) in [5.74, 6) is -0.734. The maximum absolute atomic E-state index is 11.3. The van der Waals surface area contributed by atoms with Crippen molar-refractivity contribution in [1.29, 1.82) is 0 Å². The number of hydrogen-bond acceptors (Lipinski definition) is 4. The lowest BCUT2D eigenvalue weighted by Crippen LogP contribution is -2.33. The van der Waals surface area contributed by atoms with Gasteiger partial charge in [-0.25, -0.2) is 9.97 Å². The van der Waals surface area contributed by atoms with Crippen LogP contribution in [-0.2, 0) is 17.6 Å². The fraction of sp³-hybridized carbons (Fsp3) is 0.417. The third kappa shape index (κ3) is 1.61. The minimum Gasteiger partial charge on any atom is -0.481 e. The molecule has 2 heterocycles. The van der Waals surface area contributed by atoms with Gasteiger partial charge in [0.25, 0.3) is 0 Å². The van der Waals surface area contributed by atoms with Gasteiger partial charge in [-0.3, -0.25) is 4.79 Å². The van der Waals surface area contributed by atoms with Crippen molar-refractivity contribution in [2.24, 2.45) is 5.41 Å². The van der Waals surface area contributed by atoms with Gasteiger partial charge in [-0.1, -0.05) is 11.6 Å². The molecule has 1 atom stereocenters. The predicted molar refractivity (Wildman–Crippen MR) is 70.2 cm³/mol. The molecule has 1 aliphatic rings. The van der Waals surface area contributed by atoms with Gasteiger partial charge in [-0.2, -0.15) is 0 Å². The first-order valence-electron chi connectivity index (χ1n) is 5.65. The fourth-order valence-electron chi connectivity index (χ4n) is 2.43. The third-order valence-corrected chi connectivity index (χ3v) is 5.04. The summed E-state index contributed by atoms with van der Waals surface area (Å²) in [6, 6.07) is 0. The summed E-state index contributed by atoms with van der Waals surface area (Å²) < 4.78 is 0. The van der Waals surface area contributed by atoms with Crippen LogP contribution in [-0.4, -0.2) is 21.0 Å². The van der Waals surface area contributed by atoms with Gasteiger partial charge in [0.2, 0.25) is 0 Å². The molecule has 2 aromatic rings. The number of fused-ring (bicyclic) bond motifs is 3. The largest absolute Gasteiger partial charge is 0.481 e. The van der Waals surface area contributed by atoms with E-state index >= 15 is 0 Å². The van der Waals surface area contributed by atoms with E-state index < -0.39 is 11.4 Å². The number of halogens is 1. The molecule has 0 aromatic carbocycles. The molecule has 0 bridgehead atoms. The van der Waals surface area contributed by atoms with Crippen molar-refractivity contribution in [3.8, 4) is 0 Å². The Morgan fingerprint density at radius 1 is 1.56 bits per heavy atom. The van der Waals surface area contributed by atoms with Crippen molar-refractivity contribution in [2.75, 3.05) is 0 Å². The van der Waals surface area contributed by atoms with Gasteiger partial charge in [-0.05, 0) is 31.7 Å². The van der Waals surface area contributed by atoms with E-state index in [1.807, 2.05) is 0 Å². The Morgan fingerprint density at radius 3 is 3.06 bits per heavy atom. The molecular weight excluding hydrogens is 272 g/mol. The zero-order valence-electron chi connectivity index (χ0n) is 9.73.